The number of benzene rings is 2. The molecule has 38 heavy (non-hydrogen) atoms. The zero-order valence-electron chi connectivity index (χ0n) is 21.8. The third-order valence-electron chi connectivity index (χ3n) is 6.73. The Morgan fingerprint density at radius 3 is 2.47 bits per heavy atom. The second-order valence-corrected chi connectivity index (χ2v) is 10.1. The Morgan fingerprint density at radius 1 is 1.03 bits per heavy atom. The normalized spacial score (nSPS) is 26.6. The molecule has 10 heteroatoms. The van der Waals surface area contributed by atoms with Gasteiger partial charge in [-0.15, -0.1) is 0 Å². The third-order valence-corrected chi connectivity index (χ3v) is 6.73. The summed E-state index contributed by atoms with van der Waals surface area (Å²) in [6.07, 6.45) is -5.80. The van der Waals surface area contributed by atoms with E-state index in [4.69, 9.17) is 23.7 Å². The number of hydrogen-bond donors (Lipinski definition) is 1. The summed E-state index contributed by atoms with van der Waals surface area (Å²) in [5.74, 6) is -1.25. The maximum atomic E-state index is 13.6. The van der Waals surface area contributed by atoms with Crippen molar-refractivity contribution >= 4 is 5.91 Å². The zero-order chi connectivity index (χ0) is 27.4. The maximum Gasteiger partial charge on any atom is 0.416 e. The van der Waals surface area contributed by atoms with Crippen molar-refractivity contribution in [2.24, 2.45) is 0 Å². The summed E-state index contributed by atoms with van der Waals surface area (Å²) in [5, 5.41) is 2.88. The molecule has 2 fully saturated rings. The van der Waals surface area contributed by atoms with Gasteiger partial charge in [-0.05, 0) is 37.1 Å². The van der Waals surface area contributed by atoms with E-state index in [1.165, 1.54) is 6.07 Å². The fourth-order valence-electron chi connectivity index (χ4n) is 4.97. The molecule has 1 aliphatic heterocycles. The van der Waals surface area contributed by atoms with Crippen molar-refractivity contribution < 1.29 is 41.7 Å². The number of rotatable bonds is 10. The van der Waals surface area contributed by atoms with Gasteiger partial charge in [0.2, 0.25) is 0 Å². The number of fused-ring (bicyclic) bond motifs is 1. The van der Waals surface area contributed by atoms with Gasteiger partial charge in [-0.3, -0.25) is 4.79 Å². The molecule has 1 heterocycles. The van der Waals surface area contributed by atoms with Crippen LogP contribution in [0.3, 0.4) is 0 Å². The second kappa shape index (κ2) is 11.7. The van der Waals surface area contributed by atoms with Gasteiger partial charge in [-0.1, -0.05) is 42.5 Å². The van der Waals surface area contributed by atoms with Crippen LogP contribution in [0.1, 0.15) is 43.4 Å². The Morgan fingerprint density at radius 2 is 1.76 bits per heavy atom. The molecular weight excluding hydrogens is 503 g/mol. The molecule has 2 aromatic carbocycles. The van der Waals surface area contributed by atoms with Crippen molar-refractivity contribution in [1.82, 2.24) is 5.32 Å². The van der Waals surface area contributed by atoms with E-state index in [2.05, 4.69) is 5.32 Å². The SMILES string of the molecule is COCCNC(=O)[C@@]1(OCc2ccccc2)CC(OCc2cccc(C(F)(F)F)c2)[C@@H]2OC(C)(C)O[C@@H]2C1. The minimum Gasteiger partial charge on any atom is -0.383 e. The Hall–Kier alpha value is -2.50. The van der Waals surface area contributed by atoms with Crippen LogP contribution in [0.2, 0.25) is 0 Å². The average molecular weight is 538 g/mol. The predicted molar refractivity (Wildman–Crippen MR) is 132 cm³/mol. The molecule has 1 unspecified atom stereocenters. The lowest BCUT2D eigenvalue weighted by molar-refractivity contribution is -0.183. The maximum absolute atomic E-state index is 13.6. The number of ether oxygens (including phenoxy) is 5. The largest absolute Gasteiger partial charge is 0.416 e. The first-order valence-corrected chi connectivity index (χ1v) is 12.6. The molecule has 1 N–H and O–H groups in total. The molecule has 1 amide bonds. The number of hydrogen-bond acceptors (Lipinski definition) is 6. The van der Waals surface area contributed by atoms with Gasteiger partial charge in [-0.25, -0.2) is 0 Å². The highest BCUT2D eigenvalue weighted by Gasteiger charge is 2.58. The van der Waals surface area contributed by atoms with Gasteiger partial charge in [0.15, 0.2) is 11.4 Å². The summed E-state index contributed by atoms with van der Waals surface area (Å²) in [7, 11) is 1.54. The molecule has 0 radical (unpaired) electrons. The topological polar surface area (TPSA) is 75.3 Å². The number of carbonyl (C=O) groups is 1. The van der Waals surface area contributed by atoms with Crippen molar-refractivity contribution in [3.05, 3.63) is 71.3 Å². The van der Waals surface area contributed by atoms with Crippen LogP contribution in [0.25, 0.3) is 0 Å². The summed E-state index contributed by atoms with van der Waals surface area (Å²) in [5.41, 5.74) is -0.809. The van der Waals surface area contributed by atoms with Crippen LogP contribution in [-0.2, 0) is 47.9 Å². The second-order valence-electron chi connectivity index (χ2n) is 10.1. The average Bonchev–Trinajstić information content (AvgIpc) is 3.20. The Labute approximate surface area is 220 Å². The van der Waals surface area contributed by atoms with E-state index in [0.29, 0.717) is 18.7 Å². The summed E-state index contributed by atoms with van der Waals surface area (Å²) >= 11 is 0. The van der Waals surface area contributed by atoms with Crippen molar-refractivity contribution in [3.8, 4) is 0 Å². The van der Waals surface area contributed by atoms with Crippen LogP contribution in [0.4, 0.5) is 13.2 Å². The lowest BCUT2D eigenvalue weighted by Gasteiger charge is -2.43. The lowest BCUT2D eigenvalue weighted by Crippen LogP contribution is -2.60. The monoisotopic (exact) mass is 537 g/mol. The molecule has 0 spiro atoms. The van der Waals surface area contributed by atoms with E-state index in [1.54, 1.807) is 27.0 Å². The molecule has 1 saturated carbocycles. The standard InChI is InChI=1S/C28H34F3NO6/c1-26(2)37-23-16-27(25(33)32-12-13-34-3,36-18-19-8-5-4-6-9-19)15-22(24(23)38-26)35-17-20-10-7-11-21(14-20)28(29,30)31/h4-11,14,22-24H,12-13,15-18H2,1-3H3,(H,32,33)/t22?,23-,24+,27-/m1/s1. The Kier molecular flexibility index (Phi) is 8.78. The lowest BCUT2D eigenvalue weighted by atomic mass is 9.78. The molecule has 208 valence electrons. The first-order chi connectivity index (χ1) is 18.0. The number of amides is 1. The van der Waals surface area contributed by atoms with Gasteiger partial charge in [-0.2, -0.15) is 13.2 Å². The van der Waals surface area contributed by atoms with E-state index in [0.717, 1.165) is 17.7 Å². The highest BCUT2D eigenvalue weighted by Crippen LogP contribution is 2.44. The number of halogens is 3. The smallest absolute Gasteiger partial charge is 0.383 e. The highest BCUT2D eigenvalue weighted by atomic mass is 19.4. The van der Waals surface area contributed by atoms with Crippen LogP contribution in [-0.4, -0.2) is 55.9 Å². The van der Waals surface area contributed by atoms with Crippen molar-refractivity contribution in [3.63, 3.8) is 0 Å². The minimum atomic E-state index is -4.46. The van der Waals surface area contributed by atoms with E-state index in [1.807, 2.05) is 30.3 Å². The molecule has 7 nitrogen and oxygen atoms in total. The van der Waals surface area contributed by atoms with Gasteiger partial charge in [0.05, 0.1) is 37.6 Å². The van der Waals surface area contributed by atoms with Crippen molar-refractivity contribution in [2.75, 3.05) is 20.3 Å². The molecular formula is C28H34F3NO6. The molecule has 1 aliphatic carbocycles. The minimum absolute atomic E-state index is 0.0956. The van der Waals surface area contributed by atoms with Crippen LogP contribution in [0.15, 0.2) is 54.6 Å². The molecule has 0 aromatic heterocycles. The van der Waals surface area contributed by atoms with E-state index in [9.17, 15) is 18.0 Å². The van der Waals surface area contributed by atoms with E-state index >= 15 is 0 Å². The number of carbonyl (C=O) groups excluding carboxylic acids is 1. The molecule has 4 atom stereocenters. The molecule has 4 rings (SSSR count). The molecule has 2 aliphatic rings. The first kappa shape index (κ1) is 28.5. The summed E-state index contributed by atoms with van der Waals surface area (Å²) < 4.78 is 69.5. The summed E-state index contributed by atoms with van der Waals surface area (Å²) in [4.78, 5) is 13.6. The predicted octanol–water partition coefficient (Wildman–Crippen LogP) is 4.62. The van der Waals surface area contributed by atoms with E-state index in [-0.39, 0.29) is 32.0 Å². The molecule has 0 bridgehead atoms. The molecule has 2 aromatic rings. The Bertz CT molecular complexity index is 1080. The van der Waals surface area contributed by atoms with Crippen molar-refractivity contribution in [2.45, 2.75) is 75.8 Å². The third kappa shape index (κ3) is 6.92. The number of methoxy groups -OCH3 is 1. The summed E-state index contributed by atoms with van der Waals surface area (Å²) in [6, 6.07) is 14.5. The van der Waals surface area contributed by atoms with Crippen LogP contribution in [0, 0.1) is 0 Å². The number of alkyl halides is 3. The van der Waals surface area contributed by atoms with Gasteiger partial charge in [0.1, 0.15) is 6.10 Å². The van der Waals surface area contributed by atoms with Crippen LogP contribution >= 0.6 is 0 Å². The zero-order valence-corrected chi connectivity index (χ0v) is 21.8. The van der Waals surface area contributed by atoms with Gasteiger partial charge < -0.3 is 29.0 Å². The summed E-state index contributed by atoms with van der Waals surface area (Å²) in [6.45, 7) is 4.26. The van der Waals surface area contributed by atoms with Gasteiger partial charge in [0, 0.05) is 26.5 Å². The van der Waals surface area contributed by atoms with Crippen molar-refractivity contribution in [1.29, 1.82) is 0 Å². The van der Waals surface area contributed by atoms with Crippen LogP contribution in [0.5, 0.6) is 0 Å². The number of nitrogens with one attached hydrogen (secondary N) is 1. The van der Waals surface area contributed by atoms with E-state index < -0.39 is 41.4 Å². The quantitative estimate of drug-likeness (QED) is 0.446. The van der Waals surface area contributed by atoms with Gasteiger partial charge in [0.25, 0.3) is 5.91 Å². The first-order valence-electron chi connectivity index (χ1n) is 12.6. The molecule has 1 saturated heterocycles. The van der Waals surface area contributed by atoms with Crippen LogP contribution < -0.4 is 5.32 Å². The Balaban J connectivity index is 1.58. The van der Waals surface area contributed by atoms with Gasteiger partial charge >= 0.3 is 6.18 Å². The fraction of sp³-hybridized carbons (Fsp3) is 0.536. The fourth-order valence-corrected chi connectivity index (χ4v) is 4.97. The highest BCUT2D eigenvalue weighted by molar-refractivity contribution is 5.85.